The molecule has 25 heavy (non-hydrogen) atoms. The number of amides is 1. The molecular formula is C18H15BrFNO3S. The quantitative estimate of drug-likeness (QED) is 0.792. The molecule has 1 amide bonds. The van der Waals surface area contributed by atoms with Crippen molar-refractivity contribution in [2.75, 3.05) is 4.90 Å². The second-order valence-corrected chi connectivity index (χ2v) is 8.00. The number of anilines is 1. The molecule has 1 aliphatic rings. The standard InChI is InChI=1S/C18H15BrFNO3S/c1-10-2-5-15-14(6-10)21(18(24)16(25-15)8-17(22)23)9-11-3-4-12(19)7-13(11)20/h2-7,16H,8-9H2,1H3,(H,22,23). The number of aryl methyl sites for hydroxylation is 1. The van der Waals surface area contributed by atoms with E-state index in [9.17, 15) is 14.0 Å². The van der Waals surface area contributed by atoms with E-state index in [1.165, 1.54) is 22.7 Å². The highest BCUT2D eigenvalue weighted by Crippen LogP contribution is 2.41. The predicted molar refractivity (Wildman–Crippen MR) is 98.4 cm³/mol. The van der Waals surface area contributed by atoms with Gasteiger partial charge in [0.15, 0.2) is 0 Å². The minimum absolute atomic E-state index is 0.0606. The topological polar surface area (TPSA) is 57.6 Å². The lowest BCUT2D eigenvalue weighted by Crippen LogP contribution is -2.41. The van der Waals surface area contributed by atoms with Crippen LogP contribution in [0.1, 0.15) is 17.5 Å². The van der Waals surface area contributed by atoms with Gasteiger partial charge in [-0.2, -0.15) is 0 Å². The lowest BCUT2D eigenvalue weighted by molar-refractivity contribution is -0.138. The van der Waals surface area contributed by atoms with Crippen molar-refractivity contribution >= 4 is 45.3 Å². The van der Waals surface area contributed by atoms with E-state index in [-0.39, 0.29) is 18.9 Å². The Bertz CT molecular complexity index is 858. The van der Waals surface area contributed by atoms with Crippen LogP contribution in [0.25, 0.3) is 0 Å². The van der Waals surface area contributed by atoms with Crippen molar-refractivity contribution in [3.63, 3.8) is 0 Å². The van der Waals surface area contributed by atoms with Gasteiger partial charge in [0.05, 0.1) is 23.9 Å². The van der Waals surface area contributed by atoms with Crippen LogP contribution in [-0.2, 0) is 16.1 Å². The summed E-state index contributed by atoms with van der Waals surface area (Å²) in [5.41, 5.74) is 2.05. The minimum Gasteiger partial charge on any atom is -0.481 e. The number of carbonyl (C=O) groups excluding carboxylic acids is 1. The molecule has 0 fully saturated rings. The first kappa shape index (κ1) is 17.9. The van der Waals surface area contributed by atoms with Crippen LogP contribution in [0.3, 0.4) is 0 Å². The first-order valence-electron chi connectivity index (χ1n) is 7.59. The maximum atomic E-state index is 14.2. The average Bonchev–Trinajstić information content (AvgIpc) is 2.53. The number of aliphatic carboxylic acids is 1. The number of hydrogen-bond donors (Lipinski definition) is 1. The van der Waals surface area contributed by atoms with Crippen molar-refractivity contribution in [1.29, 1.82) is 0 Å². The van der Waals surface area contributed by atoms with E-state index in [0.29, 0.717) is 15.7 Å². The molecule has 1 N–H and O–H groups in total. The largest absolute Gasteiger partial charge is 0.481 e. The summed E-state index contributed by atoms with van der Waals surface area (Å²) >= 11 is 4.47. The molecule has 2 aromatic carbocycles. The lowest BCUT2D eigenvalue weighted by atomic mass is 10.1. The molecule has 0 saturated heterocycles. The number of benzene rings is 2. The van der Waals surface area contributed by atoms with E-state index in [2.05, 4.69) is 15.9 Å². The highest BCUT2D eigenvalue weighted by molar-refractivity contribution is 9.10. The third-order valence-electron chi connectivity index (χ3n) is 3.92. The highest BCUT2D eigenvalue weighted by atomic mass is 79.9. The van der Waals surface area contributed by atoms with Crippen LogP contribution in [0.15, 0.2) is 45.8 Å². The van der Waals surface area contributed by atoms with Crippen molar-refractivity contribution in [2.24, 2.45) is 0 Å². The van der Waals surface area contributed by atoms with Crippen molar-refractivity contribution in [1.82, 2.24) is 0 Å². The van der Waals surface area contributed by atoms with Gasteiger partial charge < -0.3 is 10.0 Å². The molecule has 7 heteroatoms. The summed E-state index contributed by atoms with van der Waals surface area (Å²) in [6.45, 7) is 1.97. The lowest BCUT2D eigenvalue weighted by Gasteiger charge is -2.33. The molecule has 0 bridgehead atoms. The Balaban J connectivity index is 2.01. The fraction of sp³-hybridized carbons (Fsp3) is 0.222. The molecule has 4 nitrogen and oxygen atoms in total. The third-order valence-corrected chi connectivity index (χ3v) is 5.66. The Kier molecular flexibility index (Phi) is 5.15. The Morgan fingerprint density at radius 1 is 1.32 bits per heavy atom. The van der Waals surface area contributed by atoms with E-state index in [4.69, 9.17) is 5.11 Å². The summed E-state index contributed by atoms with van der Waals surface area (Å²) in [5, 5.41) is 8.36. The number of carboxylic acids is 1. The van der Waals surface area contributed by atoms with Gasteiger partial charge in [-0.25, -0.2) is 4.39 Å². The van der Waals surface area contributed by atoms with Gasteiger partial charge in [0.2, 0.25) is 5.91 Å². The second-order valence-electron chi connectivity index (χ2n) is 5.84. The molecule has 0 aromatic heterocycles. The van der Waals surface area contributed by atoms with Crippen molar-refractivity contribution in [2.45, 2.75) is 30.0 Å². The Morgan fingerprint density at radius 3 is 2.76 bits per heavy atom. The van der Waals surface area contributed by atoms with Gasteiger partial charge in [-0.1, -0.05) is 28.1 Å². The summed E-state index contributed by atoms with van der Waals surface area (Å²) < 4.78 is 14.8. The van der Waals surface area contributed by atoms with Crippen LogP contribution in [0.5, 0.6) is 0 Å². The Morgan fingerprint density at radius 2 is 2.08 bits per heavy atom. The van der Waals surface area contributed by atoms with Crippen LogP contribution in [0.4, 0.5) is 10.1 Å². The predicted octanol–water partition coefficient (Wildman–Crippen LogP) is 4.38. The van der Waals surface area contributed by atoms with Crippen LogP contribution >= 0.6 is 27.7 Å². The fourth-order valence-corrected chi connectivity index (χ4v) is 4.24. The average molecular weight is 424 g/mol. The van der Waals surface area contributed by atoms with E-state index in [1.54, 1.807) is 12.1 Å². The van der Waals surface area contributed by atoms with Gasteiger partial charge in [-0.3, -0.25) is 9.59 Å². The Hall–Kier alpha value is -1.86. The molecule has 1 atom stereocenters. The van der Waals surface area contributed by atoms with Crippen LogP contribution in [0.2, 0.25) is 0 Å². The maximum Gasteiger partial charge on any atom is 0.305 e. The zero-order chi connectivity index (χ0) is 18.1. The van der Waals surface area contributed by atoms with Gasteiger partial charge in [0, 0.05) is 14.9 Å². The van der Waals surface area contributed by atoms with Gasteiger partial charge >= 0.3 is 5.97 Å². The SMILES string of the molecule is Cc1ccc2c(c1)N(Cc1ccc(Br)cc1F)C(=O)C(CC(=O)O)S2. The first-order valence-corrected chi connectivity index (χ1v) is 9.27. The number of rotatable bonds is 4. The number of carbonyl (C=O) groups is 2. The van der Waals surface area contributed by atoms with E-state index >= 15 is 0 Å². The van der Waals surface area contributed by atoms with Crippen molar-refractivity contribution in [3.8, 4) is 0 Å². The van der Waals surface area contributed by atoms with Crippen molar-refractivity contribution in [3.05, 3.63) is 57.8 Å². The van der Waals surface area contributed by atoms with Crippen molar-refractivity contribution < 1.29 is 19.1 Å². The van der Waals surface area contributed by atoms with E-state index in [1.807, 2.05) is 25.1 Å². The van der Waals surface area contributed by atoms with E-state index in [0.717, 1.165) is 10.5 Å². The number of carboxylic acid groups (broad SMARTS) is 1. The first-order chi connectivity index (χ1) is 11.8. The normalized spacial score (nSPS) is 16.7. The molecule has 0 saturated carbocycles. The summed E-state index contributed by atoms with van der Waals surface area (Å²) in [7, 11) is 0. The molecule has 1 aliphatic heterocycles. The van der Waals surface area contributed by atoms with Gasteiger partial charge in [0.1, 0.15) is 5.82 Å². The van der Waals surface area contributed by atoms with Gasteiger partial charge in [0.25, 0.3) is 0 Å². The summed E-state index contributed by atoms with van der Waals surface area (Å²) in [4.78, 5) is 26.2. The summed E-state index contributed by atoms with van der Waals surface area (Å²) in [6, 6.07) is 10.3. The number of halogens is 2. The Labute approximate surface area is 157 Å². The third kappa shape index (κ3) is 3.88. The summed E-state index contributed by atoms with van der Waals surface area (Å²) in [6.07, 6.45) is -0.268. The van der Waals surface area contributed by atoms with Gasteiger partial charge in [-0.15, -0.1) is 11.8 Å². The van der Waals surface area contributed by atoms with E-state index < -0.39 is 17.0 Å². The zero-order valence-electron chi connectivity index (χ0n) is 13.3. The molecule has 1 heterocycles. The molecular weight excluding hydrogens is 409 g/mol. The number of hydrogen-bond acceptors (Lipinski definition) is 3. The summed E-state index contributed by atoms with van der Waals surface area (Å²) in [5.74, 6) is -1.76. The zero-order valence-corrected chi connectivity index (χ0v) is 15.7. The van der Waals surface area contributed by atoms with Gasteiger partial charge in [-0.05, 0) is 36.8 Å². The molecule has 3 rings (SSSR count). The van der Waals surface area contributed by atoms with Crippen LogP contribution in [-0.4, -0.2) is 22.2 Å². The maximum absolute atomic E-state index is 14.2. The molecule has 2 aromatic rings. The minimum atomic E-state index is -1.03. The molecule has 0 spiro atoms. The highest BCUT2D eigenvalue weighted by Gasteiger charge is 2.35. The van der Waals surface area contributed by atoms with Crippen LogP contribution in [0, 0.1) is 12.7 Å². The fourth-order valence-electron chi connectivity index (χ4n) is 2.71. The number of fused-ring (bicyclic) bond motifs is 1. The number of nitrogens with zero attached hydrogens (tertiary/aromatic N) is 1. The molecule has 0 radical (unpaired) electrons. The number of thioether (sulfide) groups is 1. The molecule has 1 unspecified atom stereocenters. The van der Waals surface area contributed by atoms with Crippen LogP contribution < -0.4 is 4.90 Å². The molecule has 130 valence electrons. The monoisotopic (exact) mass is 423 g/mol. The smallest absolute Gasteiger partial charge is 0.305 e. The molecule has 0 aliphatic carbocycles. The second kappa shape index (κ2) is 7.17.